The average Bonchev–Trinajstić information content (AvgIpc) is 2.59. The number of carbonyl (C=O) groups is 1. The number of benzene rings is 1. The lowest BCUT2D eigenvalue weighted by Crippen LogP contribution is -2.25. The number of fused-ring (bicyclic) bond motifs is 1. The van der Waals surface area contributed by atoms with Crippen LogP contribution in [0.25, 0.3) is 10.9 Å². The summed E-state index contributed by atoms with van der Waals surface area (Å²) in [5.74, 6) is -0.110. The quantitative estimate of drug-likeness (QED) is 0.728. The molecule has 0 bridgehead atoms. The smallest absolute Gasteiger partial charge is 0.252 e. The van der Waals surface area contributed by atoms with Crippen LogP contribution in [-0.4, -0.2) is 22.4 Å². The van der Waals surface area contributed by atoms with Gasteiger partial charge in [-0.25, -0.2) is 0 Å². The van der Waals surface area contributed by atoms with E-state index in [1.807, 2.05) is 24.3 Å². The fraction of sp³-hybridized carbons (Fsp3) is 0.167. The number of nitrogens with one attached hydrogen (secondary N) is 1. The predicted octanol–water partition coefficient (Wildman–Crippen LogP) is 3.65. The summed E-state index contributed by atoms with van der Waals surface area (Å²) in [5.41, 5.74) is 2.38. The van der Waals surface area contributed by atoms with Crippen molar-refractivity contribution in [3.63, 3.8) is 0 Å². The molecule has 0 fully saturated rings. The molecule has 0 atom stereocenters. The SMILES string of the molecule is O=C(NCCCc1ccccn1)c1ccnc2ccc(Cl)cc12. The van der Waals surface area contributed by atoms with Crippen LogP contribution in [-0.2, 0) is 6.42 Å². The predicted molar refractivity (Wildman–Crippen MR) is 91.6 cm³/mol. The Bertz CT molecular complexity index is 821. The van der Waals surface area contributed by atoms with Crippen molar-refractivity contribution in [3.8, 4) is 0 Å². The average molecular weight is 326 g/mol. The minimum Gasteiger partial charge on any atom is -0.352 e. The summed E-state index contributed by atoms with van der Waals surface area (Å²) in [6.45, 7) is 0.597. The fourth-order valence-corrected chi connectivity index (χ4v) is 2.60. The van der Waals surface area contributed by atoms with Gasteiger partial charge in [-0.05, 0) is 49.2 Å². The molecule has 0 saturated carbocycles. The molecule has 0 aliphatic rings. The van der Waals surface area contributed by atoms with Crippen LogP contribution < -0.4 is 5.32 Å². The molecule has 0 radical (unpaired) electrons. The number of nitrogens with zero attached hydrogens (tertiary/aromatic N) is 2. The lowest BCUT2D eigenvalue weighted by molar-refractivity contribution is 0.0955. The van der Waals surface area contributed by atoms with Crippen LogP contribution in [0.2, 0.25) is 5.02 Å². The maximum Gasteiger partial charge on any atom is 0.252 e. The van der Waals surface area contributed by atoms with Gasteiger partial charge in [-0.3, -0.25) is 14.8 Å². The molecular weight excluding hydrogens is 310 g/mol. The molecule has 2 heterocycles. The number of hydrogen-bond donors (Lipinski definition) is 1. The number of pyridine rings is 2. The van der Waals surface area contributed by atoms with Crippen molar-refractivity contribution in [2.75, 3.05) is 6.54 Å². The van der Waals surface area contributed by atoms with E-state index in [9.17, 15) is 4.79 Å². The van der Waals surface area contributed by atoms with Crippen LogP contribution in [0, 0.1) is 0 Å². The fourth-order valence-electron chi connectivity index (χ4n) is 2.43. The van der Waals surface area contributed by atoms with Crippen LogP contribution in [0.3, 0.4) is 0 Å². The number of aromatic nitrogens is 2. The minimum atomic E-state index is -0.110. The monoisotopic (exact) mass is 325 g/mol. The lowest BCUT2D eigenvalue weighted by atomic mass is 10.1. The summed E-state index contributed by atoms with van der Waals surface area (Å²) in [5, 5.41) is 4.30. The summed E-state index contributed by atoms with van der Waals surface area (Å²) in [6.07, 6.45) is 5.09. The van der Waals surface area contributed by atoms with Gasteiger partial charge < -0.3 is 5.32 Å². The second-order valence-electron chi connectivity index (χ2n) is 5.20. The van der Waals surface area contributed by atoms with Crippen molar-refractivity contribution in [1.29, 1.82) is 0 Å². The van der Waals surface area contributed by atoms with Gasteiger partial charge in [-0.1, -0.05) is 17.7 Å². The molecule has 3 aromatic rings. The van der Waals surface area contributed by atoms with Gasteiger partial charge in [0.2, 0.25) is 0 Å². The molecule has 116 valence electrons. The third-order valence-corrected chi connectivity index (χ3v) is 3.80. The van der Waals surface area contributed by atoms with Crippen LogP contribution >= 0.6 is 11.6 Å². The van der Waals surface area contributed by atoms with E-state index in [-0.39, 0.29) is 5.91 Å². The Kier molecular flexibility index (Phi) is 4.83. The molecule has 4 nitrogen and oxygen atoms in total. The van der Waals surface area contributed by atoms with Crippen LogP contribution in [0.4, 0.5) is 0 Å². The van der Waals surface area contributed by atoms with Crippen molar-refractivity contribution >= 4 is 28.4 Å². The van der Waals surface area contributed by atoms with Gasteiger partial charge >= 0.3 is 0 Å². The third-order valence-electron chi connectivity index (χ3n) is 3.57. The van der Waals surface area contributed by atoms with E-state index < -0.39 is 0 Å². The molecule has 1 amide bonds. The van der Waals surface area contributed by atoms with Gasteiger partial charge in [-0.2, -0.15) is 0 Å². The number of amides is 1. The van der Waals surface area contributed by atoms with Gasteiger partial charge in [0.1, 0.15) is 0 Å². The molecule has 0 aliphatic heterocycles. The number of halogens is 1. The molecule has 0 saturated heterocycles. The zero-order valence-corrected chi connectivity index (χ0v) is 13.3. The lowest BCUT2D eigenvalue weighted by Gasteiger charge is -2.08. The highest BCUT2D eigenvalue weighted by Crippen LogP contribution is 2.21. The van der Waals surface area contributed by atoms with E-state index in [2.05, 4.69) is 15.3 Å². The number of aryl methyl sites for hydroxylation is 1. The summed E-state index contributed by atoms with van der Waals surface area (Å²) in [6, 6.07) is 12.9. The van der Waals surface area contributed by atoms with E-state index in [4.69, 9.17) is 11.6 Å². The largest absolute Gasteiger partial charge is 0.352 e. The highest BCUT2D eigenvalue weighted by atomic mass is 35.5. The summed E-state index contributed by atoms with van der Waals surface area (Å²) < 4.78 is 0. The Morgan fingerprint density at radius 3 is 2.83 bits per heavy atom. The topological polar surface area (TPSA) is 54.9 Å². The number of carbonyl (C=O) groups excluding carboxylic acids is 1. The Morgan fingerprint density at radius 1 is 1.09 bits per heavy atom. The van der Waals surface area contributed by atoms with E-state index in [0.717, 1.165) is 29.4 Å². The molecule has 0 spiro atoms. The van der Waals surface area contributed by atoms with E-state index in [0.29, 0.717) is 17.1 Å². The maximum atomic E-state index is 12.4. The molecule has 3 rings (SSSR count). The first kappa shape index (κ1) is 15.4. The van der Waals surface area contributed by atoms with E-state index in [1.165, 1.54) is 0 Å². The molecule has 2 aromatic heterocycles. The second kappa shape index (κ2) is 7.20. The first-order valence-electron chi connectivity index (χ1n) is 7.46. The molecular formula is C18H16ClN3O. The van der Waals surface area contributed by atoms with Gasteiger partial charge in [-0.15, -0.1) is 0 Å². The summed E-state index contributed by atoms with van der Waals surface area (Å²) in [4.78, 5) is 20.9. The van der Waals surface area contributed by atoms with E-state index >= 15 is 0 Å². The molecule has 1 aromatic carbocycles. The summed E-state index contributed by atoms with van der Waals surface area (Å²) in [7, 11) is 0. The van der Waals surface area contributed by atoms with Crippen molar-refractivity contribution in [1.82, 2.24) is 15.3 Å². The molecule has 0 unspecified atom stereocenters. The van der Waals surface area contributed by atoms with Crippen LogP contribution in [0.1, 0.15) is 22.5 Å². The van der Waals surface area contributed by atoms with Crippen LogP contribution in [0.5, 0.6) is 0 Å². The van der Waals surface area contributed by atoms with E-state index in [1.54, 1.807) is 30.6 Å². The summed E-state index contributed by atoms with van der Waals surface area (Å²) >= 11 is 6.02. The van der Waals surface area contributed by atoms with Crippen molar-refractivity contribution in [3.05, 3.63) is 71.1 Å². The van der Waals surface area contributed by atoms with Crippen molar-refractivity contribution in [2.24, 2.45) is 0 Å². The van der Waals surface area contributed by atoms with Gasteiger partial charge in [0, 0.05) is 35.0 Å². The Labute approximate surface area is 139 Å². The molecule has 1 N–H and O–H groups in total. The Balaban J connectivity index is 1.63. The highest BCUT2D eigenvalue weighted by molar-refractivity contribution is 6.31. The molecule has 23 heavy (non-hydrogen) atoms. The second-order valence-corrected chi connectivity index (χ2v) is 5.64. The first-order valence-corrected chi connectivity index (χ1v) is 7.84. The van der Waals surface area contributed by atoms with Crippen molar-refractivity contribution in [2.45, 2.75) is 12.8 Å². The number of rotatable bonds is 5. The standard InChI is InChI=1S/C18H16ClN3O/c19-13-6-7-17-16(12-13)15(8-11-21-17)18(23)22-10-3-5-14-4-1-2-9-20-14/h1-2,4,6-9,11-12H,3,5,10H2,(H,22,23). The van der Waals surface area contributed by atoms with Crippen molar-refractivity contribution < 1.29 is 4.79 Å². The van der Waals surface area contributed by atoms with Gasteiger partial charge in [0.25, 0.3) is 5.91 Å². The first-order chi connectivity index (χ1) is 11.2. The van der Waals surface area contributed by atoms with Gasteiger partial charge in [0.15, 0.2) is 0 Å². The minimum absolute atomic E-state index is 0.110. The zero-order valence-electron chi connectivity index (χ0n) is 12.5. The highest BCUT2D eigenvalue weighted by Gasteiger charge is 2.10. The van der Waals surface area contributed by atoms with Crippen LogP contribution in [0.15, 0.2) is 54.9 Å². The Hall–Kier alpha value is -2.46. The molecule has 5 heteroatoms. The number of hydrogen-bond acceptors (Lipinski definition) is 3. The van der Waals surface area contributed by atoms with Gasteiger partial charge in [0.05, 0.1) is 11.1 Å². The third kappa shape index (κ3) is 3.85. The maximum absolute atomic E-state index is 12.4. The molecule has 0 aliphatic carbocycles. The zero-order chi connectivity index (χ0) is 16.1. The normalized spacial score (nSPS) is 10.7. The Morgan fingerprint density at radius 2 is 2.00 bits per heavy atom.